The molecule has 7 nitrogen and oxygen atoms in total. The van der Waals surface area contributed by atoms with Crippen molar-refractivity contribution in [2.45, 2.75) is 76.0 Å². The molecule has 37 heavy (non-hydrogen) atoms. The summed E-state index contributed by atoms with van der Waals surface area (Å²) in [5, 5.41) is 6.48. The largest absolute Gasteiger partial charge is 0.444 e. The Hall–Kier alpha value is -3.06. The van der Waals surface area contributed by atoms with Crippen LogP contribution in [0.5, 0.6) is 0 Å². The van der Waals surface area contributed by atoms with Gasteiger partial charge in [0, 0.05) is 29.4 Å². The molecule has 0 spiro atoms. The van der Waals surface area contributed by atoms with Gasteiger partial charge in [0.15, 0.2) is 0 Å². The summed E-state index contributed by atoms with van der Waals surface area (Å²) in [7, 11) is 0. The molecule has 0 unspecified atom stereocenters. The van der Waals surface area contributed by atoms with E-state index in [1.54, 1.807) is 4.90 Å². The third kappa shape index (κ3) is 6.83. The van der Waals surface area contributed by atoms with Crippen molar-refractivity contribution in [2.24, 2.45) is 0 Å². The molecule has 0 bridgehead atoms. The van der Waals surface area contributed by atoms with Crippen molar-refractivity contribution < 1.29 is 19.1 Å². The molecule has 0 radical (unpaired) electrons. The molecular weight excluding hydrogens is 490 g/mol. The van der Waals surface area contributed by atoms with Gasteiger partial charge in [-0.15, -0.1) is 0 Å². The van der Waals surface area contributed by atoms with Crippen molar-refractivity contribution in [3.63, 3.8) is 0 Å². The molecule has 0 aromatic heterocycles. The van der Waals surface area contributed by atoms with Crippen molar-refractivity contribution in [1.29, 1.82) is 0 Å². The first-order valence-corrected chi connectivity index (χ1v) is 13.3. The Morgan fingerprint density at radius 1 is 1.11 bits per heavy atom. The van der Waals surface area contributed by atoms with Gasteiger partial charge in [-0.05, 0) is 69.7 Å². The molecule has 2 aromatic rings. The van der Waals surface area contributed by atoms with Crippen LogP contribution in [0.15, 0.2) is 54.6 Å². The number of alkyl carbamates (subject to hydrolysis) is 1. The van der Waals surface area contributed by atoms with Gasteiger partial charge in [-0.1, -0.05) is 54.1 Å². The van der Waals surface area contributed by atoms with Gasteiger partial charge in [-0.3, -0.25) is 9.59 Å². The van der Waals surface area contributed by atoms with Crippen molar-refractivity contribution in [3.05, 3.63) is 70.7 Å². The lowest BCUT2D eigenvalue weighted by Gasteiger charge is -2.45. The predicted octanol–water partition coefficient (Wildman–Crippen LogP) is 4.61. The van der Waals surface area contributed by atoms with E-state index in [0.29, 0.717) is 18.0 Å². The van der Waals surface area contributed by atoms with Gasteiger partial charge in [0.1, 0.15) is 11.6 Å². The van der Waals surface area contributed by atoms with Crippen molar-refractivity contribution in [1.82, 2.24) is 15.5 Å². The van der Waals surface area contributed by atoms with E-state index >= 15 is 0 Å². The Kier molecular flexibility index (Phi) is 8.12. The second kappa shape index (κ2) is 11.1. The highest BCUT2D eigenvalue weighted by atomic mass is 35.5. The molecule has 1 heterocycles. The average Bonchev–Trinajstić information content (AvgIpc) is 2.85. The summed E-state index contributed by atoms with van der Waals surface area (Å²) in [6.45, 7) is 5.99. The number of halogens is 1. The lowest BCUT2D eigenvalue weighted by Crippen LogP contribution is -2.62. The lowest BCUT2D eigenvalue weighted by molar-refractivity contribution is -0.147. The number of hydrogen-bond donors (Lipinski definition) is 2. The molecular formula is C29H36ClN3O4. The Morgan fingerprint density at radius 3 is 2.46 bits per heavy atom. The van der Waals surface area contributed by atoms with Crippen molar-refractivity contribution in [3.8, 4) is 0 Å². The van der Waals surface area contributed by atoms with Gasteiger partial charge in [-0.2, -0.15) is 0 Å². The zero-order chi connectivity index (χ0) is 26.6. The molecule has 2 aromatic carbocycles. The number of carbonyl (C=O) groups excluding carboxylic acids is 3. The third-order valence-electron chi connectivity index (χ3n) is 7.27. The lowest BCUT2D eigenvalue weighted by atomic mass is 9.67. The summed E-state index contributed by atoms with van der Waals surface area (Å²) in [6, 6.07) is 16.9. The van der Waals surface area contributed by atoms with Crippen LogP contribution in [0.4, 0.5) is 4.79 Å². The normalized spacial score (nSPS) is 24.4. The Balaban J connectivity index is 1.47. The zero-order valence-electron chi connectivity index (χ0n) is 21.8. The predicted molar refractivity (Wildman–Crippen MR) is 143 cm³/mol. The minimum Gasteiger partial charge on any atom is -0.444 e. The number of amides is 3. The van der Waals surface area contributed by atoms with Gasteiger partial charge in [0.05, 0.1) is 6.54 Å². The van der Waals surface area contributed by atoms with Gasteiger partial charge in [-0.25, -0.2) is 4.79 Å². The van der Waals surface area contributed by atoms with Crippen LogP contribution in [0.25, 0.3) is 0 Å². The Labute approximate surface area is 223 Å². The fourth-order valence-electron chi connectivity index (χ4n) is 5.44. The first kappa shape index (κ1) is 27.0. The van der Waals surface area contributed by atoms with E-state index in [-0.39, 0.29) is 29.8 Å². The molecule has 8 heteroatoms. The van der Waals surface area contributed by atoms with Gasteiger partial charge in [0.25, 0.3) is 0 Å². The van der Waals surface area contributed by atoms with E-state index in [0.717, 1.165) is 36.8 Å². The van der Waals surface area contributed by atoms with E-state index in [2.05, 4.69) is 10.6 Å². The second-order valence-corrected chi connectivity index (χ2v) is 11.6. The van der Waals surface area contributed by atoms with E-state index in [9.17, 15) is 14.4 Å². The first-order chi connectivity index (χ1) is 17.5. The van der Waals surface area contributed by atoms with Crippen LogP contribution in [-0.2, 0) is 26.2 Å². The van der Waals surface area contributed by atoms with Crippen LogP contribution in [0, 0.1) is 0 Å². The van der Waals surface area contributed by atoms with Crippen molar-refractivity contribution >= 4 is 29.5 Å². The van der Waals surface area contributed by atoms with E-state index < -0.39 is 17.7 Å². The Bertz CT molecular complexity index is 1120. The monoisotopic (exact) mass is 525 g/mol. The average molecular weight is 526 g/mol. The number of ether oxygens (including phenoxy) is 1. The van der Waals surface area contributed by atoms with Crippen molar-refractivity contribution in [2.75, 3.05) is 13.1 Å². The highest BCUT2D eigenvalue weighted by molar-refractivity contribution is 6.30. The number of hydrogen-bond acceptors (Lipinski definition) is 4. The maximum absolute atomic E-state index is 13.4. The fraction of sp³-hybridized carbons (Fsp3) is 0.483. The standard InChI is InChI=1S/C29H36ClN3O4/c1-28(2,3)37-27(36)31-19-29(21-10-7-11-22(30)17-21)14-12-23(13-15-29)33-18-25(34)32-24(26(33)35)16-20-8-5-4-6-9-20/h4-11,17,23-24H,12-16,18-19H2,1-3H3,(H,31,36)(H,32,34)/t23-,24-,29-/m0/s1. The highest BCUT2D eigenvalue weighted by Gasteiger charge is 2.43. The topological polar surface area (TPSA) is 87.7 Å². The smallest absolute Gasteiger partial charge is 0.407 e. The molecule has 3 amide bonds. The summed E-state index contributed by atoms with van der Waals surface area (Å²) in [5.74, 6) is -0.158. The summed E-state index contributed by atoms with van der Waals surface area (Å²) >= 11 is 6.33. The minimum atomic E-state index is -0.587. The molecule has 1 aliphatic carbocycles. The van der Waals surface area contributed by atoms with Gasteiger partial charge < -0.3 is 20.3 Å². The summed E-state index contributed by atoms with van der Waals surface area (Å²) in [6.07, 6.45) is 2.94. The van der Waals surface area contributed by atoms with Crippen LogP contribution in [-0.4, -0.2) is 53.6 Å². The van der Waals surface area contributed by atoms with E-state index in [1.807, 2.05) is 75.4 Å². The number of benzene rings is 2. The first-order valence-electron chi connectivity index (χ1n) is 12.9. The molecule has 1 saturated heterocycles. The molecule has 4 rings (SSSR count). The van der Waals surface area contributed by atoms with Crippen LogP contribution < -0.4 is 10.6 Å². The molecule has 1 aliphatic heterocycles. The third-order valence-corrected chi connectivity index (χ3v) is 7.51. The molecule has 1 atom stereocenters. The number of carbonyl (C=O) groups is 3. The highest BCUT2D eigenvalue weighted by Crippen LogP contribution is 2.41. The van der Waals surface area contributed by atoms with E-state index in [1.165, 1.54) is 0 Å². The Morgan fingerprint density at radius 2 is 1.81 bits per heavy atom. The molecule has 198 valence electrons. The number of nitrogens with zero attached hydrogens (tertiary/aromatic N) is 1. The number of nitrogens with one attached hydrogen (secondary N) is 2. The SMILES string of the molecule is CC(C)(C)OC(=O)NC[C@]1(c2cccc(Cl)c2)CC[C@H](N2CC(=O)N[C@@H](Cc3ccccc3)C2=O)CC1. The number of piperazine rings is 1. The van der Waals surface area contributed by atoms with Crippen LogP contribution in [0.3, 0.4) is 0 Å². The zero-order valence-corrected chi connectivity index (χ0v) is 22.5. The maximum atomic E-state index is 13.4. The summed E-state index contributed by atoms with van der Waals surface area (Å²) < 4.78 is 5.46. The summed E-state index contributed by atoms with van der Waals surface area (Å²) in [5.41, 5.74) is 1.14. The van der Waals surface area contributed by atoms with Crippen LogP contribution in [0.1, 0.15) is 57.6 Å². The minimum absolute atomic E-state index is 0.0319. The molecule has 2 N–H and O–H groups in total. The fourth-order valence-corrected chi connectivity index (χ4v) is 5.63. The van der Waals surface area contributed by atoms with Crippen LogP contribution >= 0.6 is 11.6 Å². The maximum Gasteiger partial charge on any atom is 0.407 e. The second-order valence-electron chi connectivity index (χ2n) is 11.2. The summed E-state index contributed by atoms with van der Waals surface area (Å²) in [4.78, 5) is 40.2. The van der Waals surface area contributed by atoms with Gasteiger partial charge in [0.2, 0.25) is 11.8 Å². The van der Waals surface area contributed by atoms with Gasteiger partial charge >= 0.3 is 6.09 Å². The quantitative estimate of drug-likeness (QED) is 0.576. The van der Waals surface area contributed by atoms with E-state index in [4.69, 9.17) is 16.3 Å². The molecule has 1 saturated carbocycles. The number of rotatable bonds is 6. The molecule has 2 fully saturated rings. The van der Waals surface area contributed by atoms with Crippen LogP contribution in [0.2, 0.25) is 5.02 Å². The molecule has 2 aliphatic rings.